The molecule has 0 aliphatic rings. The van der Waals surface area contributed by atoms with Gasteiger partial charge in [-0.15, -0.1) is 0 Å². The van der Waals surface area contributed by atoms with E-state index in [-0.39, 0.29) is 0 Å². The van der Waals surface area contributed by atoms with Crippen LogP contribution in [0.25, 0.3) is 0 Å². The van der Waals surface area contributed by atoms with E-state index in [0.29, 0.717) is 12.5 Å². The molecule has 0 spiro atoms. The topological polar surface area (TPSA) is 55.0 Å². The summed E-state index contributed by atoms with van der Waals surface area (Å²) in [5, 5.41) is 0. The molecule has 0 aliphatic carbocycles. The Labute approximate surface area is 97.9 Å². The zero-order valence-electron chi connectivity index (χ0n) is 10.7. The van der Waals surface area contributed by atoms with E-state index in [1.807, 2.05) is 13.0 Å². The minimum absolute atomic E-state index is 0.428. The number of aromatic nitrogens is 2. The Morgan fingerprint density at radius 2 is 2.06 bits per heavy atom. The molecule has 1 aromatic heterocycles. The van der Waals surface area contributed by atoms with Crippen LogP contribution in [-0.4, -0.2) is 29.6 Å². The molecule has 0 saturated carbocycles. The largest absolute Gasteiger partial charge is 0.340 e. The van der Waals surface area contributed by atoms with E-state index in [1.165, 1.54) is 0 Å². The summed E-state index contributed by atoms with van der Waals surface area (Å²) in [5.41, 5.74) is 7.69. The predicted molar refractivity (Wildman–Crippen MR) is 67.8 cm³/mol. The molecule has 0 bridgehead atoms. The van der Waals surface area contributed by atoms with Crippen molar-refractivity contribution in [1.82, 2.24) is 9.97 Å². The third kappa shape index (κ3) is 3.17. The first-order chi connectivity index (χ1) is 7.58. The SMILES string of the molecule is CCN(CCN)c1nc(C)cc(C(C)C)n1. The third-order valence-corrected chi connectivity index (χ3v) is 2.52. The number of hydrogen-bond donors (Lipinski definition) is 1. The van der Waals surface area contributed by atoms with E-state index < -0.39 is 0 Å². The Bertz CT molecular complexity index is 336. The maximum absolute atomic E-state index is 5.58. The molecule has 0 aliphatic heterocycles. The normalized spacial score (nSPS) is 10.9. The molecule has 0 aromatic carbocycles. The van der Waals surface area contributed by atoms with E-state index in [1.54, 1.807) is 0 Å². The molecule has 2 N–H and O–H groups in total. The standard InChI is InChI=1S/C12H22N4/c1-5-16(7-6-13)12-14-10(4)8-11(15-12)9(2)3/h8-9H,5-7,13H2,1-4H3. The number of hydrogen-bond acceptors (Lipinski definition) is 4. The summed E-state index contributed by atoms with van der Waals surface area (Å²) in [5.74, 6) is 1.23. The molecule has 4 heteroatoms. The van der Waals surface area contributed by atoms with Crippen molar-refractivity contribution in [2.75, 3.05) is 24.5 Å². The molecule has 0 amide bonds. The Morgan fingerprint density at radius 3 is 2.56 bits per heavy atom. The van der Waals surface area contributed by atoms with E-state index in [0.717, 1.165) is 30.4 Å². The predicted octanol–water partition coefficient (Wildman–Crippen LogP) is 1.69. The van der Waals surface area contributed by atoms with Gasteiger partial charge in [0.2, 0.25) is 5.95 Å². The van der Waals surface area contributed by atoms with Crippen LogP contribution in [0.3, 0.4) is 0 Å². The number of nitrogens with two attached hydrogens (primary N) is 1. The quantitative estimate of drug-likeness (QED) is 0.823. The lowest BCUT2D eigenvalue weighted by Crippen LogP contribution is -2.31. The molecule has 4 nitrogen and oxygen atoms in total. The molecule has 0 saturated heterocycles. The van der Waals surface area contributed by atoms with Gasteiger partial charge in [-0.05, 0) is 25.8 Å². The van der Waals surface area contributed by atoms with Gasteiger partial charge in [0.1, 0.15) is 0 Å². The molecular weight excluding hydrogens is 200 g/mol. The number of rotatable bonds is 5. The lowest BCUT2D eigenvalue weighted by molar-refractivity contribution is 0.750. The van der Waals surface area contributed by atoms with Gasteiger partial charge in [0.25, 0.3) is 0 Å². The smallest absolute Gasteiger partial charge is 0.225 e. The molecule has 0 unspecified atom stereocenters. The van der Waals surface area contributed by atoms with Crippen LogP contribution in [0.2, 0.25) is 0 Å². The van der Waals surface area contributed by atoms with Crippen LogP contribution in [0.4, 0.5) is 5.95 Å². The molecule has 0 radical (unpaired) electrons. The van der Waals surface area contributed by atoms with Crippen molar-refractivity contribution in [2.45, 2.75) is 33.6 Å². The van der Waals surface area contributed by atoms with Crippen LogP contribution in [-0.2, 0) is 0 Å². The molecular formula is C12H22N4. The molecule has 0 atom stereocenters. The second kappa shape index (κ2) is 5.80. The van der Waals surface area contributed by atoms with Crippen molar-refractivity contribution >= 4 is 5.95 Å². The van der Waals surface area contributed by atoms with Crippen molar-refractivity contribution in [1.29, 1.82) is 0 Å². The Balaban J connectivity index is 3.02. The highest BCUT2D eigenvalue weighted by Gasteiger charge is 2.10. The maximum Gasteiger partial charge on any atom is 0.225 e. The van der Waals surface area contributed by atoms with Gasteiger partial charge < -0.3 is 10.6 Å². The summed E-state index contributed by atoms with van der Waals surface area (Å²) < 4.78 is 0. The fraction of sp³-hybridized carbons (Fsp3) is 0.667. The summed E-state index contributed by atoms with van der Waals surface area (Å²) in [4.78, 5) is 11.2. The Hall–Kier alpha value is -1.16. The lowest BCUT2D eigenvalue weighted by Gasteiger charge is -2.21. The first-order valence-electron chi connectivity index (χ1n) is 5.89. The average Bonchev–Trinajstić information content (AvgIpc) is 2.24. The average molecular weight is 222 g/mol. The number of nitrogens with zero attached hydrogens (tertiary/aromatic N) is 3. The maximum atomic E-state index is 5.58. The highest BCUT2D eigenvalue weighted by atomic mass is 15.2. The summed E-state index contributed by atoms with van der Waals surface area (Å²) in [7, 11) is 0. The number of anilines is 1. The lowest BCUT2D eigenvalue weighted by atomic mass is 10.1. The van der Waals surface area contributed by atoms with Crippen molar-refractivity contribution in [3.8, 4) is 0 Å². The van der Waals surface area contributed by atoms with E-state index in [2.05, 4.69) is 35.6 Å². The van der Waals surface area contributed by atoms with E-state index in [4.69, 9.17) is 5.73 Å². The fourth-order valence-electron chi connectivity index (χ4n) is 1.57. The van der Waals surface area contributed by atoms with Gasteiger partial charge in [0.15, 0.2) is 0 Å². The Morgan fingerprint density at radius 1 is 1.38 bits per heavy atom. The first-order valence-corrected chi connectivity index (χ1v) is 5.89. The first kappa shape index (κ1) is 12.9. The van der Waals surface area contributed by atoms with Crippen molar-refractivity contribution in [3.63, 3.8) is 0 Å². The van der Waals surface area contributed by atoms with Crippen LogP contribution >= 0.6 is 0 Å². The van der Waals surface area contributed by atoms with Crippen LogP contribution < -0.4 is 10.6 Å². The molecule has 1 aromatic rings. The fourth-order valence-corrected chi connectivity index (χ4v) is 1.57. The zero-order chi connectivity index (χ0) is 12.1. The molecule has 1 rings (SSSR count). The molecule has 90 valence electrons. The monoisotopic (exact) mass is 222 g/mol. The minimum Gasteiger partial charge on any atom is -0.340 e. The zero-order valence-corrected chi connectivity index (χ0v) is 10.7. The van der Waals surface area contributed by atoms with E-state index >= 15 is 0 Å². The summed E-state index contributed by atoms with van der Waals surface area (Å²) in [6.07, 6.45) is 0. The van der Waals surface area contributed by atoms with Gasteiger partial charge in [-0.1, -0.05) is 13.8 Å². The van der Waals surface area contributed by atoms with Crippen molar-refractivity contribution in [3.05, 3.63) is 17.5 Å². The van der Waals surface area contributed by atoms with Crippen LogP contribution in [0, 0.1) is 6.92 Å². The number of likely N-dealkylation sites (N-methyl/N-ethyl adjacent to an activating group) is 1. The van der Waals surface area contributed by atoms with Gasteiger partial charge >= 0.3 is 0 Å². The summed E-state index contributed by atoms with van der Waals surface area (Å²) >= 11 is 0. The highest BCUT2D eigenvalue weighted by molar-refractivity contribution is 5.32. The second-order valence-corrected chi connectivity index (χ2v) is 4.26. The van der Waals surface area contributed by atoms with Gasteiger partial charge in [0.05, 0.1) is 0 Å². The number of aryl methyl sites for hydroxylation is 1. The van der Waals surface area contributed by atoms with Gasteiger partial charge in [0, 0.05) is 31.0 Å². The van der Waals surface area contributed by atoms with Gasteiger partial charge in [-0.2, -0.15) is 0 Å². The van der Waals surface area contributed by atoms with E-state index in [9.17, 15) is 0 Å². The molecule has 1 heterocycles. The summed E-state index contributed by atoms with van der Waals surface area (Å²) in [6, 6.07) is 2.05. The third-order valence-electron chi connectivity index (χ3n) is 2.52. The van der Waals surface area contributed by atoms with Crippen LogP contribution in [0.1, 0.15) is 38.1 Å². The molecule has 0 fully saturated rings. The van der Waals surface area contributed by atoms with Crippen molar-refractivity contribution < 1.29 is 0 Å². The highest BCUT2D eigenvalue weighted by Crippen LogP contribution is 2.16. The van der Waals surface area contributed by atoms with Crippen LogP contribution in [0.5, 0.6) is 0 Å². The molecule has 16 heavy (non-hydrogen) atoms. The second-order valence-electron chi connectivity index (χ2n) is 4.26. The van der Waals surface area contributed by atoms with Gasteiger partial charge in [-0.25, -0.2) is 9.97 Å². The Kier molecular flexibility index (Phi) is 4.68. The van der Waals surface area contributed by atoms with Crippen LogP contribution in [0.15, 0.2) is 6.07 Å². The summed E-state index contributed by atoms with van der Waals surface area (Å²) in [6.45, 7) is 10.7. The van der Waals surface area contributed by atoms with Crippen molar-refractivity contribution in [2.24, 2.45) is 5.73 Å². The minimum atomic E-state index is 0.428. The van der Waals surface area contributed by atoms with Gasteiger partial charge in [-0.3, -0.25) is 0 Å².